The number of fused-ring (bicyclic) bond motifs is 1. The van der Waals surface area contributed by atoms with Gasteiger partial charge in [-0.05, 0) is 22.9 Å². The van der Waals surface area contributed by atoms with Crippen LogP contribution in [-0.4, -0.2) is 14.6 Å². The van der Waals surface area contributed by atoms with Gasteiger partial charge in [-0.2, -0.15) is 5.10 Å². The fourth-order valence-electron chi connectivity index (χ4n) is 1.03. The van der Waals surface area contributed by atoms with E-state index in [1.165, 1.54) is 10.6 Å². The molecule has 0 fully saturated rings. The van der Waals surface area contributed by atoms with Crippen molar-refractivity contribution in [1.82, 2.24) is 14.6 Å². The number of imidazole rings is 1. The Labute approximate surface area is 76.4 Å². The first-order valence-electron chi connectivity index (χ1n) is 3.35. The second-order valence-electron chi connectivity index (χ2n) is 2.47. The molecular weight excluding hydrogens is 225 g/mol. The number of aromatic nitrogens is 3. The van der Waals surface area contributed by atoms with E-state index in [0.717, 1.165) is 5.69 Å². The standard InChI is InChI=1S/C7H5BrFN3/c1-4-3-12-7(10-4)5(9)2-6(8)11-12/h2-3H,1H3. The van der Waals surface area contributed by atoms with E-state index in [-0.39, 0.29) is 11.5 Å². The van der Waals surface area contributed by atoms with Crippen molar-refractivity contribution in [3.63, 3.8) is 0 Å². The molecule has 0 saturated heterocycles. The van der Waals surface area contributed by atoms with Crippen LogP contribution in [0.4, 0.5) is 4.39 Å². The zero-order valence-electron chi connectivity index (χ0n) is 6.25. The summed E-state index contributed by atoms with van der Waals surface area (Å²) >= 11 is 3.09. The van der Waals surface area contributed by atoms with Gasteiger partial charge in [-0.1, -0.05) is 0 Å². The van der Waals surface area contributed by atoms with Crippen molar-refractivity contribution in [3.8, 4) is 0 Å². The molecule has 0 atom stereocenters. The van der Waals surface area contributed by atoms with E-state index in [1.54, 1.807) is 13.1 Å². The molecule has 0 aliphatic heterocycles. The van der Waals surface area contributed by atoms with Crippen LogP contribution in [0.3, 0.4) is 0 Å². The molecule has 2 aromatic heterocycles. The summed E-state index contributed by atoms with van der Waals surface area (Å²) in [7, 11) is 0. The van der Waals surface area contributed by atoms with Gasteiger partial charge in [-0.3, -0.25) is 0 Å². The molecule has 62 valence electrons. The van der Waals surface area contributed by atoms with Crippen molar-refractivity contribution >= 4 is 21.6 Å². The Morgan fingerprint density at radius 1 is 1.58 bits per heavy atom. The molecule has 0 amide bonds. The number of halogens is 2. The number of hydrogen-bond acceptors (Lipinski definition) is 2. The third-order valence-electron chi connectivity index (χ3n) is 1.47. The summed E-state index contributed by atoms with van der Waals surface area (Å²) in [5.41, 5.74) is 1.01. The zero-order chi connectivity index (χ0) is 8.72. The van der Waals surface area contributed by atoms with E-state index in [0.29, 0.717) is 4.60 Å². The van der Waals surface area contributed by atoms with Crippen LogP contribution in [-0.2, 0) is 0 Å². The van der Waals surface area contributed by atoms with Crippen molar-refractivity contribution in [2.24, 2.45) is 0 Å². The van der Waals surface area contributed by atoms with Crippen LogP contribution >= 0.6 is 15.9 Å². The average Bonchev–Trinajstić information content (AvgIpc) is 2.29. The molecule has 0 radical (unpaired) electrons. The summed E-state index contributed by atoms with van der Waals surface area (Å²) in [6, 6.07) is 1.29. The minimum absolute atomic E-state index is 0.260. The van der Waals surface area contributed by atoms with Crippen molar-refractivity contribution in [2.75, 3.05) is 0 Å². The second-order valence-corrected chi connectivity index (χ2v) is 3.28. The highest BCUT2D eigenvalue weighted by Gasteiger charge is 2.05. The molecule has 0 aromatic carbocycles. The van der Waals surface area contributed by atoms with Gasteiger partial charge in [0, 0.05) is 6.07 Å². The van der Waals surface area contributed by atoms with Crippen molar-refractivity contribution in [3.05, 3.63) is 28.4 Å². The Hall–Kier alpha value is -0.970. The summed E-state index contributed by atoms with van der Waals surface area (Å²) in [6.45, 7) is 1.79. The molecule has 2 aromatic rings. The molecule has 5 heteroatoms. The smallest absolute Gasteiger partial charge is 0.190 e. The predicted octanol–water partition coefficient (Wildman–Crippen LogP) is 1.94. The molecular formula is C7H5BrFN3. The van der Waals surface area contributed by atoms with Crippen molar-refractivity contribution in [1.29, 1.82) is 0 Å². The molecule has 2 heterocycles. The summed E-state index contributed by atoms with van der Waals surface area (Å²) in [5.74, 6) is -0.370. The van der Waals surface area contributed by atoms with Gasteiger partial charge in [0.05, 0.1) is 11.9 Å². The van der Waals surface area contributed by atoms with E-state index in [1.807, 2.05) is 0 Å². The van der Waals surface area contributed by atoms with Gasteiger partial charge in [0.15, 0.2) is 11.5 Å². The van der Waals surface area contributed by atoms with Gasteiger partial charge in [0.2, 0.25) is 0 Å². The second kappa shape index (κ2) is 2.52. The maximum absolute atomic E-state index is 13.1. The molecule has 0 saturated carbocycles. The first-order chi connectivity index (χ1) is 5.66. The number of nitrogens with zero attached hydrogens (tertiary/aromatic N) is 3. The molecule has 0 spiro atoms. The highest BCUT2D eigenvalue weighted by molar-refractivity contribution is 9.10. The molecule has 12 heavy (non-hydrogen) atoms. The Morgan fingerprint density at radius 2 is 2.33 bits per heavy atom. The predicted molar refractivity (Wildman–Crippen MR) is 45.4 cm³/mol. The number of rotatable bonds is 0. The van der Waals surface area contributed by atoms with Gasteiger partial charge in [-0.15, -0.1) is 0 Å². The Balaban J connectivity index is 2.88. The zero-order valence-corrected chi connectivity index (χ0v) is 7.84. The quantitative estimate of drug-likeness (QED) is 0.692. The van der Waals surface area contributed by atoms with Crippen LogP contribution in [0.5, 0.6) is 0 Å². The van der Waals surface area contributed by atoms with Crippen LogP contribution in [0.1, 0.15) is 5.69 Å². The monoisotopic (exact) mass is 229 g/mol. The highest BCUT2D eigenvalue weighted by atomic mass is 79.9. The summed E-state index contributed by atoms with van der Waals surface area (Å²) in [6.07, 6.45) is 1.67. The molecule has 0 N–H and O–H groups in total. The van der Waals surface area contributed by atoms with Gasteiger partial charge in [0.1, 0.15) is 4.60 Å². The van der Waals surface area contributed by atoms with Crippen LogP contribution in [0.25, 0.3) is 5.65 Å². The van der Waals surface area contributed by atoms with Crippen LogP contribution in [0, 0.1) is 12.7 Å². The Bertz CT molecular complexity index is 437. The van der Waals surface area contributed by atoms with Crippen molar-refractivity contribution < 1.29 is 4.39 Å². The first kappa shape index (κ1) is 7.67. The number of aryl methyl sites for hydroxylation is 1. The third-order valence-corrected chi connectivity index (χ3v) is 1.86. The van der Waals surface area contributed by atoms with Gasteiger partial charge < -0.3 is 0 Å². The molecule has 0 aliphatic carbocycles. The lowest BCUT2D eigenvalue weighted by atomic mass is 10.5. The van der Waals surface area contributed by atoms with E-state index < -0.39 is 0 Å². The molecule has 3 nitrogen and oxygen atoms in total. The maximum Gasteiger partial charge on any atom is 0.190 e. The van der Waals surface area contributed by atoms with E-state index >= 15 is 0 Å². The lowest BCUT2D eigenvalue weighted by Gasteiger charge is -1.93. The maximum atomic E-state index is 13.1. The van der Waals surface area contributed by atoms with Crippen LogP contribution < -0.4 is 0 Å². The van der Waals surface area contributed by atoms with Gasteiger partial charge in [0.25, 0.3) is 0 Å². The van der Waals surface area contributed by atoms with Gasteiger partial charge >= 0.3 is 0 Å². The summed E-state index contributed by atoms with van der Waals surface area (Å²) in [4.78, 5) is 3.96. The fraction of sp³-hybridized carbons (Fsp3) is 0.143. The van der Waals surface area contributed by atoms with E-state index in [2.05, 4.69) is 26.0 Å². The normalized spacial score (nSPS) is 10.9. The van der Waals surface area contributed by atoms with E-state index in [4.69, 9.17) is 0 Å². The highest BCUT2D eigenvalue weighted by Crippen LogP contribution is 2.12. The lowest BCUT2D eigenvalue weighted by Crippen LogP contribution is -1.93. The SMILES string of the molecule is Cc1cn2nc(Br)cc(F)c2n1. The minimum Gasteiger partial charge on any atom is -0.230 e. The van der Waals surface area contributed by atoms with Crippen LogP contribution in [0.15, 0.2) is 16.9 Å². The molecule has 0 aliphatic rings. The molecule has 2 rings (SSSR count). The molecule has 0 unspecified atom stereocenters. The Kier molecular flexibility index (Phi) is 1.61. The lowest BCUT2D eigenvalue weighted by molar-refractivity contribution is 0.620. The summed E-state index contributed by atoms with van der Waals surface area (Å²) in [5, 5.41) is 3.99. The largest absolute Gasteiger partial charge is 0.230 e. The topological polar surface area (TPSA) is 30.2 Å². The molecule has 0 bridgehead atoms. The van der Waals surface area contributed by atoms with Gasteiger partial charge in [-0.25, -0.2) is 13.9 Å². The first-order valence-corrected chi connectivity index (χ1v) is 4.14. The third kappa shape index (κ3) is 1.10. The Morgan fingerprint density at radius 3 is 3.08 bits per heavy atom. The fourth-order valence-corrected chi connectivity index (χ4v) is 1.40. The number of hydrogen-bond donors (Lipinski definition) is 0. The average molecular weight is 230 g/mol. The van der Waals surface area contributed by atoms with Crippen molar-refractivity contribution in [2.45, 2.75) is 6.92 Å². The summed E-state index contributed by atoms with van der Waals surface area (Å²) < 4.78 is 15.0. The minimum atomic E-state index is -0.370. The van der Waals surface area contributed by atoms with Crippen LogP contribution in [0.2, 0.25) is 0 Å². The van der Waals surface area contributed by atoms with E-state index in [9.17, 15) is 4.39 Å².